The maximum Gasteiger partial charge on any atom is 0.191 e. The first-order valence-electron chi connectivity index (χ1n) is 11.2. The fourth-order valence-electron chi connectivity index (χ4n) is 4.49. The van der Waals surface area contributed by atoms with Gasteiger partial charge in [0.15, 0.2) is 11.8 Å². The van der Waals surface area contributed by atoms with E-state index in [2.05, 4.69) is 27.8 Å². The third-order valence-electron chi connectivity index (χ3n) is 6.28. The van der Waals surface area contributed by atoms with E-state index >= 15 is 0 Å². The summed E-state index contributed by atoms with van der Waals surface area (Å²) in [6.07, 6.45) is 11.8. The van der Waals surface area contributed by atoms with Crippen molar-refractivity contribution in [1.82, 2.24) is 25.4 Å². The molecule has 0 aromatic carbocycles. The molecule has 2 aliphatic rings. The number of hydrogen-bond donors (Lipinski definition) is 2. The van der Waals surface area contributed by atoms with Crippen LogP contribution >= 0.6 is 24.0 Å². The van der Waals surface area contributed by atoms with Crippen LogP contribution in [-0.4, -0.2) is 46.0 Å². The molecular formula is C21H39IN6O. The molecule has 2 saturated carbocycles. The van der Waals surface area contributed by atoms with Gasteiger partial charge in [-0.3, -0.25) is 0 Å². The van der Waals surface area contributed by atoms with Crippen molar-refractivity contribution < 1.29 is 4.74 Å². The van der Waals surface area contributed by atoms with Crippen LogP contribution < -0.4 is 10.6 Å². The zero-order valence-corrected chi connectivity index (χ0v) is 20.7. The van der Waals surface area contributed by atoms with Gasteiger partial charge in [-0.05, 0) is 51.9 Å². The van der Waals surface area contributed by atoms with Gasteiger partial charge in [0, 0.05) is 26.2 Å². The molecule has 0 bridgehead atoms. The molecule has 166 valence electrons. The van der Waals surface area contributed by atoms with E-state index in [9.17, 15) is 0 Å². The van der Waals surface area contributed by atoms with Crippen LogP contribution in [0.25, 0.3) is 0 Å². The third-order valence-corrected chi connectivity index (χ3v) is 6.28. The largest absolute Gasteiger partial charge is 0.378 e. The maximum atomic E-state index is 6.07. The molecule has 0 spiro atoms. The summed E-state index contributed by atoms with van der Waals surface area (Å²) >= 11 is 0. The molecule has 2 N–H and O–H groups in total. The number of halogens is 1. The number of rotatable bonds is 9. The van der Waals surface area contributed by atoms with Gasteiger partial charge in [-0.15, -0.1) is 34.2 Å². The highest BCUT2D eigenvalue weighted by atomic mass is 127. The molecule has 1 aromatic rings. The van der Waals surface area contributed by atoms with E-state index in [-0.39, 0.29) is 24.0 Å². The van der Waals surface area contributed by atoms with E-state index in [0.29, 0.717) is 18.7 Å². The summed E-state index contributed by atoms with van der Waals surface area (Å²) in [4.78, 5) is 4.80. The Kier molecular flexibility index (Phi) is 10.7. The summed E-state index contributed by atoms with van der Waals surface area (Å²) < 4.78 is 8.07. The second-order valence-electron chi connectivity index (χ2n) is 8.27. The molecule has 29 heavy (non-hydrogen) atoms. The van der Waals surface area contributed by atoms with Crippen molar-refractivity contribution in [3.8, 4) is 0 Å². The summed E-state index contributed by atoms with van der Waals surface area (Å²) in [6, 6.07) is 0.532. The Bertz CT molecular complexity index is 623. The normalized spacial score (nSPS) is 19.3. The predicted molar refractivity (Wildman–Crippen MR) is 128 cm³/mol. The van der Waals surface area contributed by atoms with Crippen molar-refractivity contribution in [1.29, 1.82) is 0 Å². The summed E-state index contributed by atoms with van der Waals surface area (Å²) in [5.74, 6) is 3.43. The monoisotopic (exact) mass is 518 g/mol. The van der Waals surface area contributed by atoms with E-state index in [4.69, 9.17) is 9.73 Å². The van der Waals surface area contributed by atoms with E-state index < -0.39 is 0 Å². The zero-order valence-electron chi connectivity index (χ0n) is 18.3. The van der Waals surface area contributed by atoms with Crippen molar-refractivity contribution in [2.75, 3.05) is 13.2 Å². The van der Waals surface area contributed by atoms with Gasteiger partial charge in [-0.25, -0.2) is 4.99 Å². The average Bonchev–Trinajstić information content (AvgIpc) is 3.44. The quantitative estimate of drug-likeness (QED) is 0.296. The molecule has 0 saturated heterocycles. The number of aromatic nitrogens is 3. The van der Waals surface area contributed by atoms with Crippen LogP contribution in [0.3, 0.4) is 0 Å². The molecule has 1 unspecified atom stereocenters. The topological polar surface area (TPSA) is 76.4 Å². The second kappa shape index (κ2) is 12.7. The molecule has 2 fully saturated rings. The van der Waals surface area contributed by atoms with Gasteiger partial charge < -0.3 is 19.9 Å². The van der Waals surface area contributed by atoms with Crippen LogP contribution in [0.2, 0.25) is 0 Å². The number of hydrogen-bond acceptors (Lipinski definition) is 4. The van der Waals surface area contributed by atoms with Crippen LogP contribution in [-0.2, 0) is 18.3 Å². The highest BCUT2D eigenvalue weighted by Crippen LogP contribution is 2.30. The second-order valence-corrected chi connectivity index (χ2v) is 8.27. The molecule has 1 aromatic heterocycles. The highest BCUT2D eigenvalue weighted by Gasteiger charge is 2.25. The lowest BCUT2D eigenvalue weighted by molar-refractivity contribution is 0.0169. The Hall–Kier alpha value is -0.900. The number of guanidine groups is 1. The van der Waals surface area contributed by atoms with Crippen molar-refractivity contribution in [2.24, 2.45) is 18.0 Å². The van der Waals surface area contributed by atoms with E-state index in [1.165, 1.54) is 51.4 Å². The highest BCUT2D eigenvalue weighted by molar-refractivity contribution is 14.0. The summed E-state index contributed by atoms with van der Waals surface area (Å²) in [7, 11) is 1.99. The summed E-state index contributed by atoms with van der Waals surface area (Å²) in [5.41, 5.74) is 0. The number of nitrogens with one attached hydrogen (secondary N) is 2. The fraction of sp³-hybridized carbons (Fsp3) is 0.857. The lowest BCUT2D eigenvalue weighted by Crippen LogP contribution is -2.43. The van der Waals surface area contributed by atoms with Crippen molar-refractivity contribution in [3.05, 3.63) is 11.6 Å². The van der Waals surface area contributed by atoms with Gasteiger partial charge in [0.1, 0.15) is 12.4 Å². The summed E-state index contributed by atoms with van der Waals surface area (Å²) in [5, 5.41) is 15.6. The average molecular weight is 518 g/mol. The Morgan fingerprint density at radius 1 is 1.17 bits per heavy atom. The van der Waals surface area contributed by atoms with Gasteiger partial charge in [0.25, 0.3) is 0 Å². The molecule has 0 amide bonds. The SMILES string of the molecule is CCOC(CCNC(=NCc1nnc(C)n1C)NC1CCCC1)C1CCCC1.I. The molecule has 1 heterocycles. The smallest absolute Gasteiger partial charge is 0.191 e. The van der Waals surface area contributed by atoms with Crippen LogP contribution in [0.15, 0.2) is 4.99 Å². The Morgan fingerprint density at radius 3 is 2.48 bits per heavy atom. The first-order valence-corrected chi connectivity index (χ1v) is 11.2. The van der Waals surface area contributed by atoms with Gasteiger partial charge in [0.2, 0.25) is 0 Å². The lowest BCUT2D eigenvalue weighted by atomic mass is 9.98. The zero-order chi connectivity index (χ0) is 19.8. The first kappa shape index (κ1) is 24.4. The minimum absolute atomic E-state index is 0. The molecule has 8 heteroatoms. The van der Waals surface area contributed by atoms with Gasteiger partial charge in [-0.1, -0.05) is 25.7 Å². The van der Waals surface area contributed by atoms with Crippen LogP contribution in [0.5, 0.6) is 0 Å². The Balaban J connectivity index is 0.00000300. The molecular weight excluding hydrogens is 479 g/mol. The molecule has 3 rings (SSSR count). The fourth-order valence-corrected chi connectivity index (χ4v) is 4.49. The van der Waals surface area contributed by atoms with Gasteiger partial charge >= 0.3 is 0 Å². The molecule has 0 aliphatic heterocycles. The Labute approximate surface area is 192 Å². The van der Waals surface area contributed by atoms with Crippen molar-refractivity contribution in [2.45, 2.75) is 90.3 Å². The minimum Gasteiger partial charge on any atom is -0.378 e. The number of aliphatic imine (C=N–C) groups is 1. The maximum absolute atomic E-state index is 6.07. The summed E-state index contributed by atoms with van der Waals surface area (Å²) in [6.45, 7) is 6.29. The predicted octanol–water partition coefficient (Wildman–Crippen LogP) is 3.70. The van der Waals surface area contributed by atoms with Gasteiger partial charge in [-0.2, -0.15) is 0 Å². The molecule has 0 radical (unpaired) electrons. The minimum atomic E-state index is 0. The molecule has 1 atom stereocenters. The lowest BCUT2D eigenvalue weighted by Gasteiger charge is -2.24. The third kappa shape index (κ3) is 7.38. The van der Waals surface area contributed by atoms with Gasteiger partial charge in [0.05, 0.1) is 6.10 Å². The number of aryl methyl sites for hydroxylation is 1. The van der Waals surface area contributed by atoms with E-state index in [1.807, 2.05) is 18.5 Å². The van der Waals surface area contributed by atoms with Crippen LogP contribution in [0, 0.1) is 12.8 Å². The van der Waals surface area contributed by atoms with Crippen molar-refractivity contribution >= 4 is 29.9 Å². The first-order chi connectivity index (χ1) is 13.7. The molecule has 2 aliphatic carbocycles. The molecule has 7 nitrogen and oxygen atoms in total. The standard InChI is InChI=1S/C21H38N6O.HI/c1-4-28-19(17-9-5-6-10-17)13-14-22-21(24-18-11-7-8-12-18)23-15-20-26-25-16(2)27(20)3;/h17-19H,4-15H2,1-3H3,(H2,22,23,24);1H. The Morgan fingerprint density at radius 2 is 1.86 bits per heavy atom. The van der Waals surface area contributed by atoms with Crippen LogP contribution in [0.1, 0.15) is 76.4 Å². The number of ether oxygens (including phenoxy) is 1. The van der Waals surface area contributed by atoms with Crippen molar-refractivity contribution in [3.63, 3.8) is 0 Å². The number of nitrogens with zero attached hydrogens (tertiary/aromatic N) is 4. The van der Waals surface area contributed by atoms with Crippen LogP contribution in [0.4, 0.5) is 0 Å². The van der Waals surface area contributed by atoms with E-state index in [0.717, 1.165) is 43.1 Å². The van der Waals surface area contributed by atoms with E-state index in [1.54, 1.807) is 0 Å².